The molecule has 1 aromatic carbocycles. The highest BCUT2D eigenvalue weighted by Crippen LogP contribution is 2.25. The topological polar surface area (TPSA) is 72.9 Å². The van der Waals surface area contributed by atoms with E-state index in [0.717, 1.165) is 5.56 Å². The Bertz CT molecular complexity index is 549. The number of ether oxygens (including phenoxy) is 2. The van der Waals surface area contributed by atoms with Gasteiger partial charge in [0, 0.05) is 19.5 Å². The summed E-state index contributed by atoms with van der Waals surface area (Å²) in [6, 6.07) is 8.61. The molecule has 0 spiro atoms. The predicted octanol–water partition coefficient (Wildman–Crippen LogP) is 0.792. The molecule has 2 rings (SSSR count). The normalized spacial score (nSPS) is 22.2. The standard InChI is InChI=1S/C16H19NO5/c1-21-15(19)13-12(18)8-9-17(14(13)16(20)22-2)10-11-6-4-3-5-7-11/h3-7,13-14H,8-10H2,1-2H3/t13-,14+/m0/s1. The molecule has 1 aliphatic rings. The molecule has 6 heteroatoms. The van der Waals surface area contributed by atoms with E-state index < -0.39 is 23.9 Å². The molecule has 0 aliphatic carbocycles. The predicted molar refractivity (Wildman–Crippen MR) is 77.8 cm³/mol. The third-order valence-corrected chi connectivity index (χ3v) is 3.83. The molecule has 1 fully saturated rings. The molecular weight excluding hydrogens is 286 g/mol. The second-order valence-corrected chi connectivity index (χ2v) is 5.14. The highest BCUT2D eigenvalue weighted by molar-refractivity contribution is 6.04. The molecule has 0 amide bonds. The number of piperidine rings is 1. The van der Waals surface area contributed by atoms with Crippen molar-refractivity contribution in [1.82, 2.24) is 4.90 Å². The Labute approximate surface area is 129 Å². The van der Waals surface area contributed by atoms with E-state index in [0.29, 0.717) is 13.1 Å². The van der Waals surface area contributed by atoms with Gasteiger partial charge in [-0.1, -0.05) is 30.3 Å². The number of hydrogen-bond acceptors (Lipinski definition) is 6. The molecule has 22 heavy (non-hydrogen) atoms. The van der Waals surface area contributed by atoms with E-state index in [2.05, 4.69) is 4.74 Å². The third kappa shape index (κ3) is 3.33. The number of methoxy groups -OCH3 is 2. The Kier molecular flexibility index (Phi) is 5.27. The number of benzene rings is 1. The minimum atomic E-state index is -1.13. The van der Waals surface area contributed by atoms with Crippen molar-refractivity contribution in [2.45, 2.75) is 19.0 Å². The summed E-state index contributed by atoms with van der Waals surface area (Å²) in [6.45, 7) is 0.863. The van der Waals surface area contributed by atoms with Crippen LogP contribution in [0.3, 0.4) is 0 Å². The van der Waals surface area contributed by atoms with Gasteiger partial charge in [0.05, 0.1) is 14.2 Å². The molecule has 2 atom stereocenters. The number of Topliss-reactive ketones (excluding diaryl/α,β-unsaturated/α-hetero) is 1. The smallest absolute Gasteiger partial charge is 0.324 e. The van der Waals surface area contributed by atoms with Gasteiger partial charge in [-0.15, -0.1) is 0 Å². The molecule has 1 saturated heterocycles. The molecule has 1 aromatic rings. The lowest BCUT2D eigenvalue weighted by Crippen LogP contribution is -2.56. The zero-order valence-corrected chi connectivity index (χ0v) is 12.7. The highest BCUT2D eigenvalue weighted by atomic mass is 16.5. The van der Waals surface area contributed by atoms with Gasteiger partial charge in [-0.3, -0.25) is 19.3 Å². The van der Waals surface area contributed by atoms with Crippen molar-refractivity contribution >= 4 is 17.7 Å². The Hall–Kier alpha value is -2.21. The maximum absolute atomic E-state index is 12.1. The van der Waals surface area contributed by atoms with E-state index in [1.165, 1.54) is 14.2 Å². The first kappa shape index (κ1) is 16.2. The van der Waals surface area contributed by atoms with Gasteiger partial charge in [0.15, 0.2) is 5.78 Å². The molecule has 6 nitrogen and oxygen atoms in total. The van der Waals surface area contributed by atoms with Crippen molar-refractivity contribution in [3.05, 3.63) is 35.9 Å². The van der Waals surface area contributed by atoms with Gasteiger partial charge >= 0.3 is 11.9 Å². The van der Waals surface area contributed by atoms with Crippen LogP contribution >= 0.6 is 0 Å². The van der Waals surface area contributed by atoms with Crippen LogP contribution in [0.15, 0.2) is 30.3 Å². The highest BCUT2D eigenvalue weighted by Gasteiger charge is 2.47. The zero-order valence-electron chi connectivity index (χ0n) is 12.7. The molecular formula is C16H19NO5. The van der Waals surface area contributed by atoms with E-state index in [4.69, 9.17) is 4.74 Å². The summed E-state index contributed by atoms with van der Waals surface area (Å²) in [5.74, 6) is -2.71. The van der Waals surface area contributed by atoms with Crippen molar-refractivity contribution in [2.24, 2.45) is 5.92 Å². The molecule has 0 N–H and O–H groups in total. The van der Waals surface area contributed by atoms with Gasteiger partial charge < -0.3 is 9.47 Å². The molecule has 0 unspecified atom stereocenters. The second kappa shape index (κ2) is 7.17. The summed E-state index contributed by atoms with van der Waals surface area (Å²) in [5, 5.41) is 0. The van der Waals surface area contributed by atoms with Crippen LogP contribution in [-0.2, 0) is 30.4 Å². The van der Waals surface area contributed by atoms with E-state index in [1.54, 1.807) is 4.90 Å². The van der Waals surface area contributed by atoms with Crippen LogP contribution in [0.25, 0.3) is 0 Å². The maximum Gasteiger partial charge on any atom is 0.324 e. The summed E-state index contributed by atoms with van der Waals surface area (Å²) in [6.07, 6.45) is 0.208. The molecule has 1 aliphatic heterocycles. The van der Waals surface area contributed by atoms with Crippen LogP contribution < -0.4 is 0 Å². The number of rotatable bonds is 4. The van der Waals surface area contributed by atoms with Crippen molar-refractivity contribution in [2.75, 3.05) is 20.8 Å². The van der Waals surface area contributed by atoms with Crippen LogP contribution in [0.4, 0.5) is 0 Å². The Morgan fingerprint density at radius 3 is 2.36 bits per heavy atom. The lowest BCUT2D eigenvalue weighted by molar-refractivity contribution is -0.166. The average Bonchev–Trinajstić information content (AvgIpc) is 2.55. The summed E-state index contributed by atoms with van der Waals surface area (Å²) >= 11 is 0. The van der Waals surface area contributed by atoms with Crippen molar-refractivity contribution in [3.8, 4) is 0 Å². The summed E-state index contributed by atoms with van der Waals surface area (Å²) in [4.78, 5) is 37.9. The van der Waals surface area contributed by atoms with Gasteiger partial charge in [0.2, 0.25) is 0 Å². The Morgan fingerprint density at radius 1 is 1.14 bits per heavy atom. The summed E-state index contributed by atoms with van der Waals surface area (Å²) < 4.78 is 9.48. The lowest BCUT2D eigenvalue weighted by Gasteiger charge is -2.37. The maximum atomic E-state index is 12.1. The van der Waals surface area contributed by atoms with Crippen molar-refractivity contribution in [3.63, 3.8) is 0 Å². The van der Waals surface area contributed by atoms with Gasteiger partial charge in [0.1, 0.15) is 12.0 Å². The second-order valence-electron chi connectivity index (χ2n) is 5.14. The first-order chi connectivity index (χ1) is 10.6. The molecule has 0 bridgehead atoms. The number of nitrogens with zero attached hydrogens (tertiary/aromatic N) is 1. The van der Waals surface area contributed by atoms with Crippen LogP contribution in [0.5, 0.6) is 0 Å². The quantitative estimate of drug-likeness (QED) is 0.605. The molecule has 0 saturated carbocycles. The number of esters is 2. The van der Waals surface area contributed by atoms with Crippen molar-refractivity contribution < 1.29 is 23.9 Å². The SMILES string of the molecule is COC(=O)[C@H]1C(=O)CCN(Cc2ccccc2)[C@H]1C(=O)OC. The number of likely N-dealkylation sites (tertiary alicyclic amines) is 1. The van der Waals surface area contributed by atoms with Gasteiger partial charge in [-0.25, -0.2) is 0 Å². The fourth-order valence-corrected chi connectivity index (χ4v) is 2.72. The minimum absolute atomic E-state index is 0.208. The Balaban J connectivity index is 2.29. The Morgan fingerprint density at radius 2 is 1.77 bits per heavy atom. The van der Waals surface area contributed by atoms with Crippen LogP contribution in [0.2, 0.25) is 0 Å². The molecule has 0 aromatic heterocycles. The lowest BCUT2D eigenvalue weighted by atomic mass is 9.87. The van der Waals surface area contributed by atoms with Crippen molar-refractivity contribution in [1.29, 1.82) is 0 Å². The first-order valence-electron chi connectivity index (χ1n) is 7.04. The number of ketones is 1. The largest absolute Gasteiger partial charge is 0.468 e. The number of carbonyl (C=O) groups is 3. The fraction of sp³-hybridized carbons (Fsp3) is 0.438. The monoisotopic (exact) mass is 305 g/mol. The summed E-state index contributed by atoms with van der Waals surface area (Å²) in [5.41, 5.74) is 0.995. The van der Waals surface area contributed by atoms with Gasteiger partial charge in [0.25, 0.3) is 0 Å². The molecule has 118 valence electrons. The average molecular weight is 305 g/mol. The van der Waals surface area contributed by atoms with Crippen LogP contribution in [-0.4, -0.2) is 49.4 Å². The van der Waals surface area contributed by atoms with Crippen LogP contribution in [0, 0.1) is 5.92 Å². The molecule has 1 heterocycles. The van der Waals surface area contributed by atoms with Gasteiger partial charge in [-0.05, 0) is 5.56 Å². The first-order valence-corrected chi connectivity index (χ1v) is 7.04. The fourth-order valence-electron chi connectivity index (χ4n) is 2.72. The minimum Gasteiger partial charge on any atom is -0.468 e. The third-order valence-electron chi connectivity index (χ3n) is 3.83. The number of carbonyl (C=O) groups excluding carboxylic acids is 3. The van der Waals surface area contributed by atoms with Crippen LogP contribution in [0.1, 0.15) is 12.0 Å². The number of hydrogen-bond donors (Lipinski definition) is 0. The summed E-state index contributed by atoms with van der Waals surface area (Å²) in [7, 11) is 2.45. The van der Waals surface area contributed by atoms with E-state index >= 15 is 0 Å². The van der Waals surface area contributed by atoms with E-state index in [9.17, 15) is 14.4 Å². The van der Waals surface area contributed by atoms with E-state index in [-0.39, 0.29) is 12.2 Å². The van der Waals surface area contributed by atoms with Gasteiger partial charge in [-0.2, -0.15) is 0 Å². The molecule has 0 radical (unpaired) electrons. The zero-order chi connectivity index (χ0) is 16.1. The van der Waals surface area contributed by atoms with E-state index in [1.807, 2.05) is 30.3 Å².